The van der Waals surface area contributed by atoms with E-state index in [1.807, 2.05) is 36.4 Å². The first-order valence-corrected chi connectivity index (χ1v) is 6.46. The normalized spacial score (nSPS) is 13.3. The molecule has 0 spiro atoms. The monoisotopic (exact) mass is 270 g/mol. The van der Waals surface area contributed by atoms with E-state index in [2.05, 4.69) is 10.6 Å². The van der Waals surface area contributed by atoms with Gasteiger partial charge < -0.3 is 15.7 Å². The van der Waals surface area contributed by atoms with Gasteiger partial charge in [-0.25, -0.2) is 0 Å². The number of hydrogen-bond donors (Lipinski definition) is 3. The lowest BCUT2D eigenvalue weighted by molar-refractivity contribution is 0.0331. The fraction of sp³-hybridized carbons (Fsp3) is 0.188. The Labute approximate surface area is 118 Å². The minimum atomic E-state index is -1.33. The van der Waals surface area contributed by atoms with Crippen molar-refractivity contribution >= 4 is 11.6 Å². The highest BCUT2D eigenvalue weighted by atomic mass is 16.3. The third kappa shape index (κ3) is 4.10. The molecule has 104 valence electrons. The van der Waals surface area contributed by atoms with E-state index in [9.17, 15) is 9.90 Å². The molecule has 0 radical (unpaired) electrons. The zero-order valence-corrected chi connectivity index (χ0v) is 11.3. The first-order valence-electron chi connectivity index (χ1n) is 6.46. The van der Waals surface area contributed by atoms with Crippen molar-refractivity contribution < 1.29 is 9.90 Å². The zero-order chi connectivity index (χ0) is 14.4. The highest BCUT2D eigenvalue weighted by molar-refractivity contribution is 5.94. The number of anilines is 1. The first-order chi connectivity index (χ1) is 9.57. The second-order valence-electron chi connectivity index (χ2n) is 4.81. The molecule has 2 aromatic carbocycles. The van der Waals surface area contributed by atoms with E-state index < -0.39 is 5.72 Å². The molecule has 1 amide bonds. The highest BCUT2D eigenvalue weighted by Gasteiger charge is 2.23. The highest BCUT2D eigenvalue weighted by Crippen LogP contribution is 2.08. The summed E-state index contributed by atoms with van der Waals surface area (Å²) >= 11 is 0. The molecule has 2 aromatic rings. The molecule has 0 aromatic heterocycles. The third-order valence-electron chi connectivity index (χ3n) is 2.83. The topological polar surface area (TPSA) is 61.4 Å². The minimum absolute atomic E-state index is 0.218. The van der Waals surface area contributed by atoms with E-state index in [0.717, 1.165) is 5.69 Å². The number of rotatable bonds is 5. The number of nitrogens with one attached hydrogen (secondary N) is 2. The van der Waals surface area contributed by atoms with Gasteiger partial charge in [0.25, 0.3) is 5.91 Å². The molecule has 0 heterocycles. The average molecular weight is 270 g/mol. The number of carbonyl (C=O) groups excluding carboxylic acids is 1. The first kappa shape index (κ1) is 14.1. The maximum atomic E-state index is 12.0. The summed E-state index contributed by atoms with van der Waals surface area (Å²) in [6.45, 7) is 1.78. The number of amides is 1. The van der Waals surface area contributed by atoms with Crippen molar-refractivity contribution in [2.45, 2.75) is 12.6 Å². The Morgan fingerprint density at radius 2 is 1.60 bits per heavy atom. The third-order valence-corrected chi connectivity index (χ3v) is 2.83. The van der Waals surface area contributed by atoms with Crippen LogP contribution in [0, 0.1) is 0 Å². The smallest absolute Gasteiger partial charge is 0.253 e. The van der Waals surface area contributed by atoms with Crippen LogP contribution in [0.2, 0.25) is 0 Å². The van der Waals surface area contributed by atoms with Crippen molar-refractivity contribution in [1.29, 1.82) is 0 Å². The maximum absolute atomic E-state index is 12.0. The van der Waals surface area contributed by atoms with Crippen LogP contribution >= 0.6 is 0 Å². The molecular weight excluding hydrogens is 252 g/mol. The standard InChI is InChI=1S/C16H18N2O2/c1-16(20,12-17-14-10-6-3-7-11-14)18-15(19)13-8-4-2-5-9-13/h2-11,17,20H,12H2,1H3,(H,18,19). The molecule has 0 aliphatic heterocycles. The van der Waals surface area contributed by atoms with Gasteiger partial charge in [-0.05, 0) is 31.2 Å². The Morgan fingerprint density at radius 1 is 1.05 bits per heavy atom. The van der Waals surface area contributed by atoms with E-state index >= 15 is 0 Å². The molecule has 1 unspecified atom stereocenters. The molecule has 3 N–H and O–H groups in total. The Bertz CT molecular complexity index is 553. The van der Waals surface area contributed by atoms with Crippen LogP contribution in [0.4, 0.5) is 5.69 Å². The van der Waals surface area contributed by atoms with Gasteiger partial charge in [0, 0.05) is 11.3 Å². The van der Waals surface area contributed by atoms with Gasteiger partial charge in [-0.3, -0.25) is 4.79 Å². The Morgan fingerprint density at radius 3 is 2.20 bits per heavy atom. The van der Waals surface area contributed by atoms with E-state index in [-0.39, 0.29) is 12.5 Å². The fourth-order valence-electron chi connectivity index (χ4n) is 1.78. The van der Waals surface area contributed by atoms with Crippen molar-refractivity contribution in [3.8, 4) is 0 Å². The van der Waals surface area contributed by atoms with E-state index in [0.29, 0.717) is 5.56 Å². The summed E-state index contributed by atoms with van der Waals surface area (Å²) in [5.41, 5.74) is 0.0807. The second-order valence-corrected chi connectivity index (χ2v) is 4.81. The SMILES string of the molecule is CC(O)(CNc1ccccc1)NC(=O)c1ccccc1. The summed E-state index contributed by atoms with van der Waals surface area (Å²) in [6.07, 6.45) is 0. The van der Waals surface area contributed by atoms with Gasteiger partial charge in [-0.1, -0.05) is 36.4 Å². The average Bonchev–Trinajstić information content (AvgIpc) is 2.47. The van der Waals surface area contributed by atoms with Gasteiger partial charge in [-0.2, -0.15) is 0 Å². The Hall–Kier alpha value is -2.33. The summed E-state index contributed by atoms with van der Waals surface area (Å²) in [6, 6.07) is 18.3. The molecule has 0 bridgehead atoms. The van der Waals surface area contributed by atoms with Gasteiger partial charge >= 0.3 is 0 Å². The van der Waals surface area contributed by atoms with Gasteiger partial charge in [0.1, 0.15) is 0 Å². The van der Waals surface area contributed by atoms with Crippen LogP contribution < -0.4 is 10.6 Å². The quantitative estimate of drug-likeness (QED) is 0.730. The number of benzene rings is 2. The van der Waals surface area contributed by atoms with Gasteiger partial charge in [-0.15, -0.1) is 0 Å². The van der Waals surface area contributed by atoms with E-state index in [4.69, 9.17) is 0 Å². The molecule has 0 aliphatic carbocycles. The maximum Gasteiger partial charge on any atom is 0.253 e. The lowest BCUT2D eigenvalue weighted by atomic mass is 10.1. The Kier molecular flexibility index (Phi) is 4.38. The predicted octanol–water partition coefficient (Wildman–Crippen LogP) is 2.24. The fourth-order valence-corrected chi connectivity index (χ4v) is 1.78. The summed E-state index contributed by atoms with van der Waals surface area (Å²) in [5, 5.41) is 15.9. The largest absolute Gasteiger partial charge is 0.380 e. The minimum Gasteiger partial charge on any atom is -0.380 e. The van der Waals surface area contributed by atoms with Gasteiger partial charge in [0.15, 0.2) is 5.72 Å². The molecule has 0 saturated heterocycles. The summed E-state index contributed by atoms with van der Waals surface area (Å²) in [7, 11) is 0. The molecule has 20 heavy (non-hydrogen) atoms. The molecule has 4 heteroatoms. The van der Waals surface area contributed by atoms with Crippen LogP contribution in [0.3, 0.4) is 0 Å². The number of para-hydroxylation sites is 1. The molecule has 0 aliphatic rings. The summed E-state index contributed by atoms with van der Waals surface area (Å²) in [5.74, 6) is -0.300. The van der Waals surface area contributed by atoms with Crippen LogP contribution in [0.5, 0.6) is 0 Å². The lowest BCUT2D eigenvalue weighted by Gasteiger charge is -2.25. The van der Waals surface area contributed by atoms with Crippen LogP contribution in [0.15, 0.2) is 60.7 Å². The summed E-state index contributed by atoms with van der Waals surface area (Å²) < 4.78 is 0. The van der Waals surface area contributed by atoms with Gasteiger partial charge in [0.2, 0.25) is 0 Å². The summed E-state index contributed by atoms with van der Waals surface area (Å²) in [4.78, 5) is 12.0. The van der Waals surface area contributed by atoms with E-state index in [1.165, 1.54) is 0 Å². The molecule has 2 rings (SSSR count). The molecule has 1 atom stereocenters. The lowest BCUT2D eigenvalue weighted by Crippen LogP contribution is -2.50. The number of aliphatic hydroxyl groups is 1. The zero-order valence-electron chi connectivity index (χ0n) is 11.3. The second kappa shape index (κ2) is 6.21. The number of carbonyl (C=O) groups is 1. The predicted molar refractivity (Wildman–Crippen MR) is 79.5 cm³/mol. The van der Waals surface area contributed by atoms with Crippen molar-refractivity contribution in [3.63, 3.8) is 0 Å². The van der Waals surface area contributed by atoms with Crippen LogP contribution in [-0.4, -0.2) is 23.3 Å². The molecular formula is C16H18N2O2. The number of hydrogen-bond acceptors (Lipinski definition) is 3. The van der Waals surface area contributed by atoms with E-state index in [1.54, 1.807) is 31.2 Å². The van der Waals surface area contributed by atoms with Crippen LogP contribution in [0.25, 0.3) is 0 Å². The van der Waals surface area contributed by atoms with Crippen molar-refractivity contribution in [2.24, 2.45) is 0 Å². The van der Waals surface area contributed by atoms with Crippen LogP contribution in [0.1, 0.15) is 17.3 Å². The molecule has 0 saturated carbocycles. The van der Waals surface area contributed by atoms with Gasteiger partial charge in [0.05, 0.1) is 6.54 Å². The van der Waals surface area contributed by atoms with Crippen molar-refractivity contribution in [2.75, 3.05) is 11.9 Å². The van der Waals surface area contributed by atoms with Crippen molar-refractivity contribution in [1.82, 2.24) is 5.32 Å². The molecule has 4 nitrogen and oxygen atoms in total. The molecule has 0 fully saturated rings. The Balaban J connectivity index is 1.92. The van der Waals surface area contributed by atoms with Crippen molar-refractivity contribution in [3.05, 3.63) is 66.2 Å². The van der Waals surface area contributed by atoms with Crippen LogP contribution in [-0.2, 0) is 0 Å².